The van der Waals surface area contributed by atoms with Crippen molar-refractivity contribution in [2.24, 2.45) is 4.99 Å². The summed E-state index contributed by atoms with van der Waals surface area (Å²) in [6, 6.07) is 14.3. The van der Waals surface area contributed by atoms with Crippen molar-refractivity contribution < 1.29 is 23.9 Å². The van der Waals surface area contributed by atoms with Crippen molar-refractivity contribution in [3.8, 4) is 0 Å². The highest BCUT2D eigenvalue weighted by Crippen LogP contribution is 2.44. The Balaban J connectivity index is 1.95. The Hall–Kier alpha value is -3.48. The zero-order valence-corrected chi connectivity index (χ0v) is 14.7. The Morgan fingerprint density at radius 2 is 1.78 bits per heavy atom. The van der Waals surface area contributed by atoms with E-state index in [0.29, 0.717) is 11.1 Å². The van der Waals surface area contributed by atoms with E-state index in [4.69, 9.17) is 9.47 Å². The van der Waals surface area contributed by atoms with Gasteiger partial charge in [0.2, 0.25) is 17.5 Å². The molecular weight excluding hydrogens is 348 g/mol. The van der Waals surface area contributed by atoms with Crippen LogP contribution in [0.25, 0.3) is 0 Å². The minimum Gasteiger partial charge on any atom is -0.467 e. The molecule has 7 heteroatoms. The summed E-state index contributed by atoms with van der Waals surface area (Å²) in [5.41, 5.74) is -0.563. The number of carbonyl (C=O) groups excluding carboxylic acids is 3. The summed E-state index contributed by atoms with van der Waals surface area (Å²) in [6.45, 7) is 0. The van der Waals surface area contributed by atoms with Crippen molar-refractivity contribution in [1.29, 1.82) is 0 Å². The largest absolute Gasteiger partial charge is 0.467 e. The molecule has 2 aromatic rings. The van der Waals surface area contributed by atoms with Gasteiger partial charge in [-0.1, -0.05) is 36.4 Å². The molecule has 7 nitrogen and oxygen atoms in total. The van der Waals surface area contributed by atoms with Gasteiger partial charge in [0.05, 0.1) is 7.11 Å². The van der Waals surface area contributed by atoms with Crippen LogP contribution in [0.3, 0.4) is 0 Å². The Morgan fingerprint density at radius 1 is 1.11 bits per heavy atom. The normalized spacial score (nSPS) is 23.7. The number of nitrogens with zero attached hydrogens (tertiary/aromatic N) is 2. The van der Waals surface area contributed by atoms with E-state index < -0.39 is 29.4 Å². The maximum absolute atomic E-state index is 13.2. The van der Waals surface area contributed by atoms with E-state index in [2.05, 4.69) is 4.99 Å². The van der Waals surface area contributed by atoms with Gasteiger partial charge < -0.3 is 9.47 Å². The van der Waals surface area contributed by atoms with Crippen LogP contribution < -0.4 is 0 Å². The van der Waals surface area contributed by atoms with E-state index >= 15 is 0 Å². The molecule has 0 bridgehead atoms. The molecule has 0 saturated carbocycles. The molecule has 2 aliphatic rings. The van der Waals surface area contributed by atoms with Crippen molar-refractivity contribution >= 4 is 23.7 Å². The van der Waals surface area contributed by atoms with Crippen LogP contribution in [0.15, 0.2) is 59.6 Å². The van der Waals surface area contributed by atoms with Gasteiger partial charge in [0.25, 0.3) is 11.8 Å². The van der Waals surface area contributed by atoms with Crippen molar-refractivity contribution in [1.82, 2.24) is 4.90 Å². The number of esters is 1. The Bertz CT molecular complexity index is 985. The molecule has 2 aliphatic heterocycles. The molecule has 1 spiro atoms. The predicted octanol–water partition coefficient (Wildman–Crippen LogP) is 1.51. The van der Waals surface area contributed by atoms with Gasteiger partial charge in [-0.15, -0.1) is 0 Å². The second-order valence-electron chi connectivity index (χ2n) is 6.28. The van der Waals surface area contributed by atoms with Crippen LogP contribution >= 0.6 is 0 Å². The van der Waals surface area contributed by atoms with Gasteiger partial charge in [-0.3, -0.25) is 14.5 Å². The Kier molecular flexibility index (Phi) is 3.80. The first-order chi connectivity index (χ1) is 13.0. The molecule has 27 heavy (non-hydrogen) atoms. The highest BCUT2D eigenvalue weighted by molar-refractivity contribution is 6.16. The number of aliphatic imine (C=N–C) groups is 1. The molecule has 2 aromatic carbocycles. The van der Waals surface area contributed by atoms with Crippen LogP contribution in [0.4, 0.5) is 0 Å². The highest BCUT2D eigenvalue weighted by Gasteiger charge is 2.63. The summed E-state index contributed by atoms with van der Waals surface area (Å²) in [4.78, 5) is 43.7. The summed E-state index contributed by atoms with van der Waals surface area (Å²) in [5, 5.41) is 0. The van der Waals surface area contributed by atoms with Crippen molar-refractivity contribution in [3.63, 3.8) is 0 Å². The number of carbonyl (C=O) groups is 3. The van der Waals surface area contributed by atoms with Crippen LogP contribution in [-0.2, 0) is 24.7 Å². The topological polar surface area (TPSA) is 85.3 Å². The number of amides is 2. The number of hydrogen-bond acceptors (Lipinski definition) is 6. The van der Waals surface area contributed by atoms with Gasteiger partial charge in [-0.05, 0) is 18.2 Å². The highest BCUT2D eigenvalue weighted by atomic mass is 16.6. The summed E-state index contributed by atoms with van der Waals surface area (Å²) in [5.74, 6) is -1.68. The van der Waals surface area contributed by atoms with Gasteiger partial charge in [0.1, 0.15) is 0 Å². The van der Waals surface area contributed by atoms with Gasteiger partial charge in [0.15, 0.2) is 0 Å². The summed E-state index contributed by atoms with van der Waals surface area (Å²) >= 11 is 0. The maximum Gasteiger partial charge on any atom is 0.335 e. The van der Waals surface area contributed by atoms with Crippen molar-refractivity contribution in [2.45, 2.75) is 11.6 Å². The van der Waals surface area contributed by atoms with Gasteiger partial charge >= 0.3 is 5.97 Å². The van der Waals surface area contributed by atoms with Crippen LogP contribution in [-0.4, -0.2) is 48.8 Å². The van der Waals surface area contributed by atoms with Crippen molar-refractivity contribution in [3.05, 3.63) is 71.3 Å². The maximum atomic E-state index is 13.2. The third-order valence-electron chi connectivity index (χ3n) is 4.82. The van der Waals surface area contributed by atoms with E-state index in [1.807, 2.05) is 6.07 Å². The summed E-state index contributed by atoms with van der Waals surface area (Å²) < 4.78 is 11.0. The number of imide groups is 1. The molecular formula is C20H16N2O5. The van der Waals surface area contributed by atoms with Gasteiger partial charge in [0, 0.05) is 23.7 Å². The molecule has 4 rings (SSSR count). The smallest absolute Gasteiger partial charge is 0.335 e. The first-order valence-corrected chi connectivity index (χ1v) is 8.32. The van der Waals surface area contributed by atoms with E-state index in [0.717, 1.165) is 4.90 Å². The van der Waals surface area contributed by atoms with Gasteiger partial charge in [-0.2, -0.15) is 0 Å². The van der Waals surface area contributed by atoms with Crippen LogP contribution in [0.5, 0.6) is 0 Å². The number of benzene rings is 2. The standard InChI is InChI=1S/C20H16N2O5/c1-22-17(23)13-10-6-7-11-14(13)20(19(22)25)15(18(24)26-2)21-16(27-20)12-8-4-3-5-9-12/h3-11,15H,1-2H3/t15-,20+/m1/s1. The molecule has 0 saturated heterocycles. The number of methoxy groups -OCH3 is 1. The molecule has 2 atom stereocenters. The number of hydrogen-bond donors (Lipinski definition) is 0. The van der Waals surface area contributed by atoms with Crippen LogP contribution in [0, 0.1) is 0 Å². The van der Waals surface area contributed by atoms with E-state index in [1.165, 1.54) is 14.2 Å². The molecule has 0 aromatic heterocycles. The third kappa shape index (κ3) is 2.28. The second-order valence-corrected chi connectivity index (χ2v) is 6.28. The number of likely N-dealkylation sites (N-methyl/N-ethyl adjacent to an activating group) is 1. The minimum absolute atomic E-state index is 0.150. The number of fused-ring (bicyclic) bond motifs is 2. The van der Waals surface area contributed by atoms with Gasteiger partial charge in [-0.25, -0.2) is 9.79 Å². The lowest BCUT2D eigenvalue weighted by Gasteiger charge is -2.38. The first kappa shape index (κ1) is 17.0. The van der Waals surface area contributed by atoms with E-state index in [1.54, 1.807) is 48.5 Å². The Labute approximate surface area is 155 Å². The molecule has 0 radical (unpaired) electrons. The zero-order valence-electron chi connectivity index (χ0n) is 14.7. The van der Waals surface area contributed by atoms with E-state index in [9.17, 15) is 14.4 Å². The van der Waals surface area contributed by atoms with E-state index in [-0.39, 0.29) is 11.5 Å². The van der Waals surface area contributed by atoms with Crippen LogP contribution in [0.1, 0.15) is 21.5 Å². The predicted molar refractivity (Wildman–Crippen MR) is 95.1 cm³/mol. The monoisotopic (exact) mass is 364 g/mol. The first-order valence-electron chi connectivity index (χ1n) is 8.32. The molecule has 0 aliphatic carbocycles. The zero-order chi connectivity index (χ0) is 19.2. The average Bonchev–Trinajstić information content (AvgIpc) is 3.12. The lowest BCUT2D eigenvalue weighted by atomic mass is 9.79. The fraction of sp³-hybridized carbons (Fsp3) is 0.200. The third-order valence-corrected chi connectivity index (χ3v) is 4.82. The molecule has 2 amide bonds. The second kappa shape index (κ2) is 6.05. The molecule has 0 unspecified atom stereocenters. The SMILES string of the molecule is COC(=O)[C@H]1N=C(c2ccccc2)O[C@]12C(=O)N(C)C(=O)c1ccccc12. The fourth-order valence-corrected chi connectivity index (χ4v) is 3.48. The molecule has 136 valence electrons. The van der Waals surface area contributed by atoms with Crippen molar-refractivity contribution in [2.75, 3.05) is 14.2 Å². The quantitative estimate of drug-likeness (QED) is 0.596. The minimum atomic E-state index is -1.78. The summed E-state index contributed by atoms with van der Waals surface area (Å²) in [6.07, 6.45) is 0. The number of rotatable bonds is 2. The molecule has 0 fully saturated rings. The lowest BCUT2D eigenvalue weighted by molar-refractivity contribution is -0.159. The Morgan fingerprint density at radius 3 is 2.48 bits per heavy atom. The lowest BCUT2D eigenvalue weighted by Crippen LogP contribution is -2.59. The average molecular weight is 364 g/mol. The fourth-order valence-electron chi connectivity index (χ4n) is 3.48. The molecule has 2 heterocycles. The van der Waals surface area contributed by atoms with Crippen LogP contribution in [0.2, 0.25) is 0 Å². The molecule has 0 N–H and O–H groups in total. The number of ether oxygens (including phenoxy) is 2. The summed E-state index contributed by atoms with van der Waals surface area (Å²) in [7, 11) is 2.58.